The lowest BCUT2D eigenvalue weighted by molar-refractivity contribution is 0.0769. The van der Waals surface area contributed by atoms with Gasteiger partial charge in [-0.25, -0.2) is 0 Å². The Kier molecular flexibility index (Phi) is 4.32. The van der Waals surface area contributed by atoms with Crippen LogP contribution in [0.3, 0.4) is 0 Å². The van der Waals surface area contributed by atoms with E-state index in [1.807, 2.05) is 12.1 Å². The van der Waals surface area contributed by atoms with E-state index >= 15 is 0 Å². The Hall–Kier alpha value is -2.17. The van der Waals surface area contributed by atoms with Crippen LogP contribution >= 0.6 is 0 Å². The number of morpholine rings is 1. The molecule has 0 bridgehead atoms. The second-order valence-electron chi connectivity index (χ2n) is 6.44. The highest BCUT2D eigenvalue weighted by Crippen LogP contribution is 2.27. The molecule has 1 atom stereocenters. The molecule has 2 heterocycles. The van der Waals surface area contributed by atoms with Crippen molar-refractivity contribution in [2.75, 3.05) is 26.3 Å². The summed E-state index contributed by atoms with van der Waals surface area (Å²) < 4.78 is 5.58. The number of aryl methyl sites for hydroxylation is 1. The minimum absolute atomic E-state index is 0.0476. The molecule has 0 aliphatic carbocycles. The number of hydrogen-bond acceptors (Lipinski definition) is 3. The lowest BCUT2D eigenvalue weighted by Crippen LogP contribution is -2.34. The van der Waals surface area contributed by atoms with Gasteiger partial charge in [0.05, 0.1) is 19.3 Å². The maximum Gasteiger partial charge on any atom is 0.251 e. The van der Waals surface area contributed by atoms with Crippen molar-refractivity contribution >= 4 is 5.91 Å². The Labute approximate surface area is 142 Å². The fourth-order valence-electron chi connectivity index (χ4n) is 3.49. The lowest BCUT2D eigenvalue weighted by Gasteiger charge is -2.24. The molecule has 124 valence electrons. The van der Waals surface area contributed by atoms with E-state index in [2.05, 4.69) is 41.0 Å². The van der Waals surface area contributed by atoms with E-state index in [1.165, 1.54) is 16.7 Å². The Balaban J connectivity index is 1.66. The van der Waals surface area contributed by atoms with E-state index in [1.54, 1.807) is 0 Å². The van der Waals surface area contributed by atoms with Crippen LogP contribution in [0.15, 0.2) is 42.5 Å². The van der Waals surface area contributed by atoms with Crippen LogP contribution < -0.4 is 10.6 Å². The molecule has 0 spiro atoms. The number of nitrogens with one attached hydrogen (secondary N) is 2. The van der Waals surface area contributed by atoms with Crippen molar-refractivity contribution in [2.24, 2.45) is 0 Å². The first-order valence-electron chi connectivity index (χ1n) is 8.64. The van der Waals surface area contributed by atoms with Crippen molar-refractivity contribution in [1.82, 2.24) is 10.6 Å². The molecule has 4 nitrogen and oxygen atoms in total. The van der Waals surface area contributed by atoms with Crippen LogP contribution in [0.25, 0.3) is 11.1 Å². The zero-order chi connectivity index (χ0) is 16.4. The molecular formula is C20H22N2O2. The number of fused-ring (bicyclic) bond motifs is 1. The van der Waals surface area contributed by atoms with E-state index in [0.29, 0.717) is 6.61 Å². The highest BCUT2D eigenvalue weighted by molar-refractivity contribution is 5.96. The summed E-state index contributed by atoms with van der Waals surface area (Å²) in [5.41, 5.74) is 5.57. The molecule has 1 saturated heterocycles. The second kappa shape index (κ2) is 6.75. The fourth-order valence-corrected chi connectivity index (χ4v) is 3.49. The summed E-state index contributed by atoms with van der Waals surface area (Å²) in [5.74, 6) is 0.0476. The van der Waals surface area contributed by atoms with Crippen LogP contribution in [0, 0.1) is 0 Å². The molecule has 1 amide bonds. The van der Waals surface area contributed by atoms with E-state index in [4.69, 9.17) is 4.74 Å². The monoisotopic (exact) mass is 322 g/mol. The van der Waals surface area contributed by atoms with E-state index < -0.39 is 0 Å². The van der Waals surface area contributed by atoms with Gasteiger partial charge in [0.2, 0.25) is 0 Å². The molecule has 2 aromatic rings. The maximum atomic E-state index is 12.1. The van der Waals surface area contributed by atoms with Gasteiger partial charge in [-0.3, -0.25) is 4.79 Å². The van der Waals surface area contributed by atoms with Crippen molar-refractivity contribution in [2.45, 2.75) is 18.9 Å². The van der Waals surface area contributed by atoms with E-state index in [-0.39, 0.29) is 11.9 Å². The van der Waals surface area contributed by atoms with E-state index in [0.717, 1.165) is 43.7 Å². The molecule has 2 aromatic carbocycles. The summed E-state index contributed by atoms with van der Waals surface area (Å²) in [6.07, 6.45) is 1.94. The molecule has 0 radical (unpaired) electrons. The van der Waals surface area contributed by atoms with Gasteiger partial charge in [-0.2, -0.15) is 0 Å². The molecule has 2 aliphatic rings. The topological polar surface area (TPSA) is 50.4 Å². The van der Waals surface area contributed by atoms with Gasteiger partial charge in [0.1, 0.15) is 0 Å². The second-order valence-corrected chi connectivity index (χ2v) is 6.44. The van der Waals surface area contributed by atoms with Crippen LogP contribution in [-0.2, 0) is 11.2 Å². The Morgan fingerprint density at radius 1 is 1.04 bits per heavy atom. The lowest BCUT2D eigenvalue weighted by atomic mass is 9.95. The molecule has 0 saturated carbocycles. The standard InChI is InChI=1S/C20H22N2O2/c23-20-18-7-6-15(11-16(18)5-2-8-22-20)14-3-1-4-17(12-14)19-13-24-10-9-21-19/h1,3-4,6-7,11-12,19,21H,2,5,8-10,13H2,(H,22,23). The predicted octanol–water partition coefficient (Wildman–Crippen LogP) is 2.69. The molecule has 1 fully saturated rings. The van der Waals surface area contributed by atoms with Gasteiger partial charge in [-0.15, -0.1) is 0 Å². The zero-order valence-corrected chi connectivity index (χ0v) is 13.7. The van der Waals surface area contributed by atoms with E-state index in [9.17, 15) is 4.79 Å². The summed E-state index contributed by atoms with van der Waals surface area (Å²) in [6, 6.07) is 15.0. The Morgan fingerprint density at radius 2 is 1.96 bits per heavy atom. The fraction of sp³-hybridized carbons (Fsp3) is 0.350. The minimum Gasteiger partial charge on any atom is -0.378 e. The first-order valence-corrected chi connectivity index (χ1v) is 8.64. The summed E-state index contributed by atoms with van der Waals surface area (Å²) >= 11 is 0. The summed E-state index contributed by atoms with van der Waals surface area (Å²) in [5, 5.41) is 6.45. The average Bonchev–Trinajstić information content (AvgIpc) is 2.84. The zero-order valence-electron chi connectivity index (χ0n) is 13.7. The normalized spacial score (nSPS) is 20.8. The van der Waals surface area contributed by atoms with Gasteiger partial charge in [0, 0.05) is 18.7 Å². The van der Waals surface area contributed by atoms with Gasteiger partial charge < -0.3 is 15.4 Å². The van der Waals surface area contributed by atoms with Crippen LogP contribution in [0.4, 0.5) is 0 Å². The van der Waals surface area contributed by atoms with Crippen molar-refractivity contribution in [3.63, 3.8) is 0 Å². The van der Waals surface area contributed by atoms with Gasteiger partial charge in [-0.1, -0.05) is 30.3 Å². The average molecular weight is 322 g/mol. The number of rotatable bonds is 2. The minimum atomic E-state index is 0.0476. The van der Waals surface area contributed by atoms with Gasteiger partial charge in [0.15, 0.2) is 0 Å². The number of hydrogen-bond donors (Lipinski definition) is 2. The van der Waals surface area contributed by atoms with Crippen LogP contribution in [0.1, 0.15) is 33.9 Å². The molecule has 2 N–H and O–H groups in total. The summed E-state index contributed by atoms with van der Waals surface area (Å²) in [7, 11) is 0. The number of carbonyl (C=O) groups excluding carboxylic acids is 1. The quantitative estimate of drug-likeness (QED) is 0.894. The van der Waals surface area contributed by atoms with Crippen molar-refractivity contribution in [3.05, 3.63) is 59.2 Å². The summed E-state index contributed by atoms with van der Waals surface area (Å²) in [4.78, 5) is 12.1. The van der Waals surface area contributed by atoms with Gasteiger partial charge in [-0.05, 0) is 47.2 Å². The first kappa shape index (κ1) is 15.4. The van der Waals surface area contributed by atoms with Gasteiger partial charge in [0.25, 0.3) is 5.91 Å². The Bertz CT molecular complexity index is 751. The Morgan fingerprint density at radius 3 is 2.83 bits per heavy atom. The third kappa shape index (κ3) is 3.07. The van der Waals surface area contributed by atoms with Crippen LogP contribution in [0.2, 0.25) is 0 Å². The predicted molar refractivity (Wildman–Crippen MR) is 94.1 cm³/mol. The molecule has 0 aromatic heterocycles. The highest BCUT2D eigenvalue weighted by Gasteiger charge is 2.17. The number of benzene rings is 2. The number of ether oxygens (including phenoxy) is 1. The number of carbonyl (C=O) groups is 1. The third-order valence-corrected chi connectivity index (χ3v) is 4.80. The maximum absolute atomic E-state index is 12.1. The molecule has 2 aliphatic heterocycles. The molecule has 1 unspecified atom stereocenters. The largest absolute Gasteiger partial charge is 0.378 e. The molecule has 4 heteroatoms. The summed E-state index contributed by atoms with van der Waals surface area (Å²) in [6.45, 7) is 3.14. The number of amides is 1. The van der Waals surface area contributed by atoms with Crippen molar-refractivity contribution in [1.29, 1.82) is 0 Å². The molecule has 24 heavy (non-hydrogen) atoms. The van der Waals surface area contributed by atoms with Crippen LogP contribution in [0.5, 0.6) is 0 Å². The molecule has 4 rings (SSSR count). The van der Waals surface area contributed by atoms with Crippen LogP contribution in [-0.4, -0.2) is 32.2 Å². The SMILES string of the molecule is O=C1NCCCc2cc(-c3cccc(C4COCCN4)c3)ccc21. The first-order chi connectivity index (χ1) is 11.8. The highest BCUT2D eigenvalue weighted by atomic mass is 16.5. The smallest absolute Gasteiger partial charge is 0.251 e. The van der Waals surface area contributed by atoms with Crippen molar-refractivity contribution < 1.29 is 9.53 Å². The van der Waals surface area contributed by atoms with Crippen molar-refractivity contribution in [3.8, 4) is 11.1 Å². The van der Waals surface area contributed by atoms with Gasteiger partial charge >= 0.3 is 0 Å². The molecular weight excluding hydrogens is 300 g/mol. The third-order valence-electron chi connectivity index (χ3n) is 4.80.